The third-order valence-electron chi connectivity index (χ3n) is 9.57. The predicted molar refractivity (Wildman–Crippen MR) is 185 cm³/mol. The highest BCUT2D eigenvalue weighted by atomic mass is 19.3. The largest absolute Gasteiger partial charge is 0.383 e. The number of rotatable bonds is 17. The molecule has 1 aromatic rings. The maximum absolute atomic E-state index is 15.5. The van der Waals surface area contributed by atoms with Gasteiger partial charge in [0.25, 0.3) is 5.91 Å². The Kier molecular flexibility index (Phi) is 15.8. The van der Waals surface area contributed by atoms with Gasteiger partial charge in [-0.05, 0) is 24.3 Å². The van der Waals surface area contributed by atoms with Crippen molar-refractivity contribution in [3.8, 4) is 0 Å². The van der Waals surface area contributed by atoms with Crippen LogP contribution in [-0.4, -0.2) is 129 Å². The molecule has 2 saturated heterocycles. The fourth-order valence-electron chi connectivity index (χ4n) is 6.59. The summed E-state index contributed by atoms with van der Waals surface area (Å²) in [6.45, 7) is 7.57. The third kappa shape index (κ3) is 12.4. The number of morpholine rings is 2. The Bertz CT molecular complexity index is 1320. The predicted octanol–water partition coefficient (Wildman–Crippen LogP) is 1.81. The fraction of sp³-hybridized carbons (Fsp3) is 0.639. The van der Waals surface area contributed by atoms with Crippen LogP contribution in [0.3, 0.4) is 0 Å². The van der Waals surface area contributed by atoms with Crippen molar-refractivity contribution in [2.24, 2.45) is 5.92 Å². The minimum Gasteiger partial charge on any atom is -0.379 e. The van der Waals surface area contributed by atoms with Gasteiger partial charge < -0.3 is 35.6 Å². The molecule has 3 atom stereocenters. The number of alkyl halides is 2. The van der Waals surface area contributed by atoms with Crippen LogP contribution in [0.2, 0.25) is 0 Å². The summed E-state index contributed by atoms with van der Waals surface area (Å²) in [5, 5.41) is 10.0. The SMILES string of the molecule is C=CC[C@H](NC(=O)C(Cc1ccccc1)NC(=O)N1CCOCC1)C(=O)N[C@@H](CC1CCCCC1)C(=O)C(F)(F)C(=O)NCCN1CCOCC1. The summed E-state index contributed by atoms with van der Waals surface area (Å²) in [5.41, 5.74) is 0.758. The Morgan fingerprint density at radius 3 is 2.10 bits per heavy atom. The molecule has 3 aliphatic rings. The van der Waals surface area contributed by atoms with Gasteiger partial charge >= 0.3 is 12.0 Å². The lowest BCUT2D eigenvalue weighted by Crippen LogP contribution is -2.60. The van der Waals surface area contributed by atoms with E-state index in [2.05, 4.69) is 27.8 Å². The third-order valence-corrected chi connectivity index (χ3v) is 9.57. The standard InChI is InChI=1S/C36H52F2N6O7/c1-2-9-28(40-33(47)30(25-27-12-7-4-8-13-27)42-35(49)44-18-22-51-23-19-44)32(46)41-29(24-26-10-5-3-6-11-26)31(45)36(37,38)34(48)39-14-15-43-16-20-50-21-17-43/h2,4,7-8,12-13,26,28-30H,1,3,5-6,9-11,14-25H2,(H,39,48)(H,40,47)(H,41,46)(H,42,49)/t28-,29-,30?/m0/s1. The van der Waals surface area contributed by atoms with Crippen molar-refractivity contribution in [1.82, 2.24) is 31.1 Å². The van der Waals surface area contributed by atoms with Crippen molar-refractivity contribution in [3.63, 3.8) is 0 Å². The van der Waals surface area contributed by atoms with E-state index in [1.54, 1.807) is 24.3 Å². The summed E-state index contributed by atoms with van der Waals surface area (Å²) < 4.78 is 41.6. The molecule has 282 valence electrons. The van der Waals surface area contributed by atoms with Gasteiger partial charge in [0, 0.05) is 45.7 Å². The minimum atomic E-state index is -4.40. The Labute approximate surface area is 298 Å². The van der Waals surface area contributed by atoms with Gasteiger partial charge in [-0.2, -0.15) is 8.78 Å². The molecular weight excluding hydrogens is 666 g/mol. The number of nitrogens with one attached hydrogen (secondary N) is 4. The number of halogens is 2. The van der Waals surface area contributed by atoms with Crippen LogP contribution < -0.4 is 21.3 Å². The molecule has 4 rings (SSSR count). The smallest absolute Gasteiger partial charge is 0.379 e. The number of benzene rings is 1. The first-order valence-corrected chi connectivity index (χ1v) is 18.0. The second-order valence-electron chi connectivity index (χ2n) is 13.3. The number of hydrogen-bond donors (Lipinski definition) is 4. The van der Waals surface area contributed by atoms with Crippen molar-refractivity contribution < 1.29 is 42.2 Å². The van der Waals surface area contributed by atoms with Crippen LogP contribution in [-0.2, 0) is 35.1 Å². The molecule has 15 heteroatoms. The Morgan fingerprint density at radius 1 is 0.843 bits per heavy atom. The first kappa shape index (κ1) is 39.8. The van der Waals surface area contributed by atoms with Crippen molar-refractivity contribution in [2.45, 2.75) is 75.4 Å². The van der Waals surface area contributed by atoms with E-state index in [1.165, 1.54) is 11.0 Å². The second-order valence-corrected chi connectivity index (χ2v) is 13.3. The van der Waals surface area contributed by atoms with Crippen LogP contribution in [0.25, 0.3) is 0 Å². The molecule has 2 heterocycles. The molecule has 0 spiro atoms. The second kappa shape index (κ2) is 20.2. The van der Waals surface area contributed by atoms with Crippen LogP contribution in [0.15, 0.2) is 43.0 Å². The fourth-order valence-corrected chi connectivity index (χ4v) is 6.59. The molecule has 0 aromatic heterocycles. The van der Waals surface area contributed by atoms with Crippen molar-refractivity contribution >= 4 is 29.5 Å². The summed E-state index contributed by atoms with van der Waals surface area (Å²) in [7, 11) is 0. The zero-order chi connectivity index (χ0) is 36.6. The summed E-state index contributed by atoms with van der Waals surface area (Å²) in [5.74, 6) is -9.49. The van der Waals surface area contributed by atoms with Crippen LogP contribution in [0, 0.1) is 5.92 Å². The van der Waals surface area contributed by atoms with Crippen LogP contribution in [0.5, 0.6) is 0 Å². The number of hydrogen-bond acceptors (Lipinski definition) is 8. The molecule has 0 radical (unpaired) electrons. The molecule has 0 bridgehead atoms. The van der Waals surface area contributed by atoms with E-state index in [9.17, 15) is 24.0 Å². The molecule has 4 N–H and O–H groups in total. The number of carbonyl (C=O) groups excluding carboxylic acids is 5. The van der Waals surface area contributed by atoms with E-state index < -0.39 is 53.6 Å². The monoisotopic (exact) mass is 718 g/mol. The van der Waals surface area contributed by atoms with Crippen LogP contribution in [0.4, 0.5) is 13.6 Å². The van der Waals surface area contributed by atoms with E-state index in [0.29, 0.717) is 72.0 Å². The Morgan fingerprint density at radius 2 is 1.45 bits per heavy atom. The topological polar surface area (TPSA) is 158 Å². The molecule has 51 heavy (non-hydrogen) atoms. The number of Topliss-reactive ketones (excluding diaryl/α,β-unsaturated/α-hetero) is 1. The number of urea groups is 1. The van der Waals surface area contributed by atoms with Gasteiger partial charge in [-0.3, -0.25) is 24.1 Å². The number of ether oxygens (including phenoxy) is 2. The quantitative estimate of drug-likeness (QED) is 0.140. The van der Waals surface area contributed by atoms with E-state index in [1.807, 2.05) is 11.0 Å². The Balaban J connectivity index is 1.46. The first-order chi connectivity index (χ1) is 24.6. The number of ketones is 1. The van der Waals surface area contributed by atoms with Gasteiger partial charge in [0.15, 0.2) is 0 Å². The van der Waals surface area contributed by atoms with Crippen LogP contribution >= 0.6 is 0 Å². The maximum Gasteiger partial charge on any atom is 0.383 e. The summed E-state index contributed by atoms with van der Waals surface area (Å²) >= 11 is 0. The first-order valence-electron chi connectivity index (χ1n) is 18.0. The summed E-state index contributed by atoms with van der Waals surface area (Å²) in [4.78, 5) is 70.2. The minimum absolute atomic E-state index is 0.0672. The lowest BCUT2D eigenvalue weighted by atomic mass is 9.83. The maximum atomic E-state index is 15.5. The lowest BCUT2D eigenvalue weighted by molar-refractivity contribution is -0.160. The number of carbonyl (C=O) groups is 5. The molecule has 1 saturated carbocycles. The molecule has 13 nitrogen and oxygen atoms in total. The van der Waals surface area contributed by atoms with Crippen molar-refractivity contribution in [3.05, 3.63) is 48.6 Å². The molecule has 2 aliphatic heterocycles. The van der Waals surface area contributed by atoms with Gasteiger partial charge in [0.2, 0.25) is 17.6 Å². The molecule has 5 amide bonds. The molecular formula is C36H52F2N6O7. The summed E-state index contributed by atoms with van der Waals surface area (Å²) in [6, 6.07) is 4.48. The van der Waals surface area contributed by atoms with Crippen LogP contribution in [0.1, 0.15) is 50.5 Å². The van der Waals surface area contributed by atoms with Gasteiger partial charge in [-0.1, -0.05) is 68.5 Å². The summed E-state index contributed by atoms with van der Waals surface area (Å²) in [6.07, 6.45) is 5.47. The molecule has 3 fully saturated rings. The Hall–Kier alpha value is -3.95. The van der Waals surface area contributed by atoms with E-state index in [0.717, 1.165) is 24.8 Å². The zero-order valence-electron chi connectivity index (χ0n) is 29.2. The van der Waals surface area contributed by atoms with E-state index >= 15 is 8.78 Å². The van der Waals surface area contributed by atoms with Gasteiger partial charge in [-0.25, -0.2) is 4.79 Å². The molecule has 1 unspecified atom stereocenters. The van der Waals surface area contributed by atoms with E-state index in [-0.39, 0.29) is 31.7 Å². The highest BCUT2D eigenvalue weighted by Gasteiger charge is 2.51. The highest BCUT2D eigenvalue weighted by Crippen LogP contribution is 2.29. The van der Waals surface area contributed by atoms with E-state index in [4.69, 9.17) is 9.47 Å². The molecule has 1 aliphatic carbocycles. The number of nitrogens with zero attached hydrogens (tertiary/aromatic N) is 2. The average molecular weight is 719 g/mol. The van der Waals surface area contributed by atoms with Gasteiger partial charge in [0.05, 0.1) is 32.5 Å². The van der Waals surface area contributed by atoms with Gasteiger partial charge in [-0.15, -0.1) is 6.58 Å². The van der Waals surface area contributed by atoms with Crippen molar-refractivity contribution in [1.29, 1.82) is 0 Å². The highest BCUT2D eigenvalue weighted by molar-refractivity contribution is 6.10. The zero-order valence-corrected chi connectivity index (χ0v) is 29.2. The van der Waals surface area contributed by atoms with Crippen molar-refractivity contribution in [2.75, 3.05) is 65.7 Å². The normalized spacial score (nSPS) is 19.2. The number of amides is 5. The lowest BCUT2D eigenvalue weighted by Gasteiger charge is -2.31. The molecule has 1 aromatic carbocycles. The van der Waals surface area contributed by atoms with Gasteiger partial charge in [0.1, 0.15) is 12.1 Å². The average Bonchev–Trinajstić information content (AvgIpc) is 3.15.